The van der Waals surface area contributed by atoms with E-state index < -0.39 is 0 Å². The van der Waals surface area contributed by atoms with Gasteiger partial charge < -0.3 is 5.32 Å². The molecule has 1 amide bonds. The summed E-state index contributed by atoms with van der Waals surface area (Å²) < 4.78 is 0. The summed E-state index contributed by atoms with van der Waals surface area (Å²) in [5, 5.41) is 9.78. The minimum absolute atomic E-state index is 0.107. The molecule has 1 aromatic heterocycles. The molecule has 1 fully saturated rings. The molecule has 0 radical (unpaired) electrons. The van der Waals surface area contributed by atoms with Crippen LogP contribution in [0.4, 0.5) is 5.69 Å². The zero-order chi connectivity index (χ0) is 20.1. The minimum atomic E-state index is -0.128. The molecule has 2 heterocycles. The van der Waals surface area contributed by atoms with Gasteiger partial charge in [0.2, 0.25) is 5.91 Å². The van der Waals surface area contributed by atoms with Crippen LogP contribution < -0.4 is 5.32 Å². The van der Waals surface area contributed by atoms with Crippen molar-refractivity contribution < 1.29 is 9.59 Å². The molecule has 0 aliphatic carbocycles. The molecule has 148 valence electrons. The molecule has 0 spiro atoms. The van der Waals surface area contributed by atoms with Crippen LogP contribution in [0.5, 0.6) is 0 Å². The van der Waals surface area contributed by atoms with Crippen LogP contribution in [0.2, 0.25) is 0 Å². The van der Waals surface area contributed by atoms with Crippen molar-refractivity contribution in [2.24, 2.45) is 0 Å². The quantitative estimate of drug-likeness (QED) is 0.633. The van der Waals surface area contributed by atoms with E-state index in [1.54, 1.807) is 30.3 Å². The molecule has 0 saturated carbocycles. The zero-order valence-corrected chi connectivity index (χ0v) is 16.0. The summed E-state index contributed by atoms with van der Waals surface area (Å²) in [6, 6.07) is 16.2. The number of hydrogen-bond donors (Lipinski definition) is 2. The molecule has 1 atom stereocenters. The van der Waals surface area contributed by atoms with E-state index in [0.717, 1.165) is 31.8 Å². The molecule has 2 N–H and O–H groups in total. The number of benzene rings is 2. The Labute approximate surface area is 169 Å². The lowest BCUT2D eigenvalue weighted by molar-refractivity contribution is -0.117. The molecular formula is C22H23N5O2. The molecule has 7 nitrogen and oxygen atoms in total. The van der Waals surface area contributed by atoms with Crippen LogP contribution in [-0.4, -0.2) is 51.4 Å². The summed E-state index contributed by atoms with van der Waals surface area (Å²) in [5.74, 6) is 0.890. The Morgan fingerprint density at radius 2 is 1.90 bits per heavy atom. The Bertz CT molecular complexity index is 972. The third-order valence-electron chi connectivity index (χ3n) is 5.17. The fraction of sp³-hybridized carbons (Fsp3) is 0.273. The molecule has 7 heteroatoms. The van der Waals surface area contributed by atoms with Crippen LogP contribution in [0.15, 0.2) is 60.9 Å². The van der Waals surface area contributed by atoms with Gasteiger partial charge in [-0.15, -0.1) is 0 Å². The van der Waals surface area contributed by atoms with Gasteiger partial charge in [0.25, 0.3) is 0 Å². The Kier molecular flexibility index (Phi) is 5.76. The van der Waals surface area contributed by atoms with Gasteiger partial charge in [-0.3, -0.25) is 19.6 Å². The smallest absolute Gasteiger partial charge is 0.238 e. The van der Waals surface area contributed by atoms with Crippen molar-refractivity contribution in [2.45, 2.75) is 18.8 Å². The van der Waals surface area contributed by atoms with Crippen molar-refractivity contribution >= 4 is 17.4 Å². The van der Waals surface area contributed by atoms with Crippen LogP contribution in [0, 0.1) is 0 Å². The topological polar surface area (TPSA) is 91.0 Å². The fourth-order valence-electron chi connectivity index (χ4n) is 3.76. The highest BCUT2D eigenvalue weighted by Crippen LogP contribution is 2.24. The number of carbonyl (C=O) groups is 2. The number of hydrogen-bond acceptors (Lipinski definition) is 5. The van der Waals surface area contributed by atoms with E-state index in [9.17, 15) is 9.59 Å². The lowest BCUT2D eigenvalue weighted by Crippen LogP contribution is -2.40. The molecule has 29 heavy (non-hydrogen) atoms. The number of anilines is 1. The van der Waals surface area contributed by atoms with Crippen LogP contribution in [0.25, 0.3) is 0 Å². The normalized spacial score (nSPS) is 17.0. The second-order valence-corrected chi connectivity index (χ2v) is 7.23. The molecule has 4 rings (SSSR count). The summed E-state index contributed by atoms with van der Waals surface area (Å²) in [6.45, 7) is 1.90. The van der Waals surface area contributed by atoms with E-state index in [1.165, 1.54) is 6.33 Å². The maximum atomic E-state index is 12.8. The van der Waals surface area contributed by atoms with Gasteiger partial charge in [-0.2, -0.15) is 5.10 Å². The van der Waals surface area contributed by atoms with Crippen molar-refractivity contribution in [3.05, 3.63) is 77.9 Å². The van der Waals surface area contributed by atoms with Gasteiger partial charge in [0.05, 0.1) is 12.2 Å². The van der Waals surface area contributed by atoms with Gasteiger partial charge >= 0.3 is 0 Å². The van der Waals surface area contributed by atoms with E-state index in [2.05, 4.69) is 25.4 Å². The van der Waals surface area contributed by atoms with Crippen molar-refractivity contribution in [3.8, 4) is 0 Å². The Balaban J connectivity index is 1.42. The maximum absolute atomic E-state index is 12.8. The number of piperidine rings is 1. The number of para-hydroxylation sites is 1. The van der Waals surface area contributed by atoms with Gasteiger partial charge in [0.15, 0.2) is 5.78 Å². The maximum Gasteiger partial charge on any atom is 0.238 e. The van der Waals surface area contributed by atoms with Crippen molar-refractivity contribution in [1.82, 2.24) is 20.1 Å². The first-order valence-corrected chi connectivity index (χ1v) is 9.77. The number of amides is 1. The summed E-state index contributed by atoms with van der Waals surface area (Å²) in [4.78, 5) is 31.9. The second-order valence-electron chi connectivity index (χ2n) is 7.23. The standard InChI is InChI=1S/C22H23N5O2/c28-20(14-27-12-6-9-17(13-27)22-23-15-24-26-22)25-19-11-5-4-10-18(19)21(29)16-7-2-1-3-8-16/h1-5,7-8,10-11,15,17H,6,9,12-14H2,(H,25,28)(H,23,24,26)/t17-/m0/s1. The number of likely N-dealkylation sites (tertiary alicyclic amines) is 1. The van der Waals surface area contributed by atoms with E-state index in [4.69, 9.17) is 0 Å². The first-order valence-electron chi connectivity index (χ1n) is 9.77. The first kappa shape index (κ1) is 19.0. The Morgan fingerprint density at radius 3 is 2.69 bits per heavy atom. The van der Waals surface area contributed by atoms with E-state index >= 15 is 0 Å². The summed E-state index contributed by atoms with van der Waals surface area (Å²) in [7, 11) is 0. The molecule has 0 unspecified atom stereocenters. The summed E-state index contributed by atoms with van der Waals surface area (Å²) in [6.07, 6.45) is 3.55. The van der Waals surface area contributed by atoms with Gasteiger partial charge in [0, 0.05) is 23.6 Å². The summed E-state index contributed by atoms with van der Waals surface area (Å²) >= 11 is 0. The van der Waals surface area contributed by atoms with E-state index in [-0.39, 0.29) is 24.2 Å². The molecule has 1 aliphatic rings. The highest BCUT2D eigenvalue weighted by molar-refractivity contribution is 6.13. The first-order chi connectivity index (χ1) is 14.2. The number of nitrogens with one attached hydrogen (secondary N) is 2. The molecule has 0 bridgehead atoms. The van der Waals surface area contributed by atoms with Crippen LogP contribution in [-0.2, 0) is 4.79 Å². The number of H-pyrrole nitrogens is 1. The van der Waals surface area contributed by atoms with Crippen LogP contribution in [0.3, 0.4) is 0 Å². The fourth-order valence-corrected chi connectivity index (χ4v) is 3.76. The second kappa shape index (κ2) is 8.79. The lowest BCUT2D eigenvalue weighted by Gasteiger charge is -2.31. The molecule has 3 aromatic rings. The molecule has 2 aromatic carbocycles. The Hall–Kier alpha value is -3.32. The average molecular weight is 389 g/mol. The predicted molar refractivity (Wildman–Crippen MR) is 110 cm³/mol. The monoisotopic (exact) mass is 389 g/mol. The van der Waals surface area contributed by atoms with E-state index in [1.807, 2.05) is 24.3 Å². The number of rotatable bonds is 6. The Morgan fingerprint density at radius 1 is 1.10 bits per heavy atom. The van der Waals surface area contributed by atoms with Crippen molar-refractivity contribution in [3.63, 3.8) is 0 Å². The third-order valence-corrected chi connectivity index (χ3v) is 5.17. The van der Waals surface area contributed by atoms with Gasteiger partial charge in [-0.1, -0.05) is 42.5 Å². The van der Waals surface area contributed by atoms with Gasteiger partial charge in [-0.25, -0.2) is 4.98 Å². The average Bonchev–Trinajstić information content (AvgIpc) is 3.29. The SMILES string of the molecule is O=C(CN1CCC[C@H](c2ncn[nH]2)C1)Nc1ccccc1C(=O)c1ccccc1. The van der Waals surface area contributed by atoms with Gasteiger partial charge in [-0.05, 0) is 31.5 Å². The zero-order valence-electron chi connectivity index (χ0n) is 16.0. The highest BCUT2D eigenvalue weighted by atomic mass is 16.2. The van der Waals surface area contributed by atoms with Crippen LogP contribution >= 0.6 is 0 Å². The van der Waals surface area contributed by atoms with Crippen LogP contribution in [0.1, 0.15) is 40.5 Å². The number of ketones is 1. The van der Waals surface area contributed by atoms with Gasteiger partial charge in [0.1, 0.15) is 12.2 Å². The predicted octanol–water partition coefficient (Wildman–Crippen LogP) is 2.85. The number of nitrogens with zero attached hydrogens (tertiary/aromatic N) is 3. The minimum Gasteiger partial charge on any atom is -0.324 e. The van der Waals surface area contributed by atoms with Crippen molar-refractivity contribution in [2.75, 3.05) is 25.0 Å². The summed E-state index contributed by atoms with van der Waals surface area (Å²) in [5.41, 5.74) is 1.63. The largest absolute Gasteiger partial charge is 0.324 e. The molecular weight excluding hydrogens is 366 g/mol. The number of aromatic nitrogens is 3. The van der Waals surface area contributed by atoms with Crippen molar-refractivity contribution in [1.29, 1.82) is 0 Å². The number of aromatic amines is 1. The lowest BCUT2D eigenvalue weighted by atomic mass is 9.97. The third kappa shape index (κ3) is 4.57. The highest BCUT2D eigenvalue weighted by Gasteiger charge is 2.25. The van der Waals surface area contributed by atoms with E-state index in [0.29, 0.717) is 16.8 Å². The molecule has 1 aliphatic heterocycles. The number of carbonyl (C=O) groups excluding carboxylic acids is 2. The molecule has 1 saturated heterocycles.